The van der Waals surface area contributed by atoms with Crippen LogP contribution in [0.3, 0.4) is 0 Å². The number of hydrogen-bond donors (Lipinski definition) is 0. The maximum atomic E-state index is 12.1. The molecule has 0 amide bonds. The highest BCUT2D eigenvalue weighted by atomic mass is 16.6. The molecule has 5 heteroatoms. The summed E-state index contributed by atoms with van der Waals surface area (Å²) in [6.45, 7) is 2.52. The van der Waals surface area contributed by atoms with Crippen LogP contribution < -0.4 is 9.47 Å². The molecule has 1 heterocycles. The highest BCUT2D eigenvalue weighted by Crippen LogP contribution is 2.21. The second-order valence-corrected chi connectivity index (χ2v) is 5.78. The van der Waals surface area contributed by atoms with Crippen LogP contribution in [0, 0.1) is 0 Å². The molecule has 0 spiro atoms. The maximum Gasteiger partial charge on any atom is 0.363 e. The van der Waals surface area contributed by atoms with Crippen LogP contribution in [-0.4, -0.2) is 25.6 Å². The van der Waals surface area contributed by atoms with Gasteiger partial charge in [-0.15, -0.1) is 0 Å². The molecule has 0 atom stereocenters. The van der Waals surface area contributed by atoms with Gasteiger partial charge in [0.05, 0.1) is 13.7 Å². The van der Waals surface area contributed by atoms with Crippen LogP contribution in [0.5, 0.6) is 11.5 Å². The molecule has 0 N–H and O–H groups in total. The van der Waals surface area contributed by atoms with Crippen molar-refractivity contribution in [2.24, 2.45) is 4.99 Å². The van der Waals surface area contributed by atoms with Gasteiger partial charge in [0.2, 0.25) is 0 Å². The van der Waals surface area contributed by atoms with Crippen LogP contribution in [-0.2, 0) is 16.0 Å². The number of ether oxygens (including phenoxy) is 3. The molecule has 26 heavy (non-hydrogen) atoms. The van der Waals surface area contributed by atoms with Gasteiger partial charge in [0.15, 0.2) is 11.6 Å². The Bertz CT molecular complexity index is 855. The number of carbonyl (C=O) groups excluding carboxylic acids is 1. The van der Waals surface area contributed by atoms with E-state index in [2.05, 4.69) is 4.99 Å². The molecular weight excluding hydrogens is 330 g/mol. The van der Waals surface area contributed by atoms with Crippen molar-refractivity contribution in [1.29, 1.82) is 0 Å². The Morgan fingerprint density at radius 2 is 1.88 bits per heavy atom. The molecule has 0 unspecified atom stereocenters. The zero-order valence-electron chi connectivity index (χ0n) is 14.9. The lowest BCUT2D eigenvalue weighted by atomic mass is 10.1. The van der Waals surface area contributed by atoms with Gasteiger partial charge in [-0.25, -0.2) is 9.79 Å². The Morgan fingerprint density at radius 1 is 1.08 bits per heavy atom. The van der Waals surface area contributed by atoms with E-state index in [0.717, 1.165) is 29.0 Å². The molecule has 0 aromatic heterocycles. The summed E-state index contributed by atoms with van der Waals surface area (Å²) < 4.78 is 16.0. The molecule has 3 rings (SSSR count). The minimum atomic E-state index is -0.424. The molecule has 1 aliphatic rings. The van der Waals surface area contributed by atoms with Gasteiger partial charge in [0.25, 0.3) is 0 Å². The molecule has 0 saturated carbocycles. The summed E-state index contributed by atoms with van der Waals surface area (Å²) in [6.07, 6.45) is 2.98. The second-order valence-electron chi connectivity index (χ2n) is 5.78. The number of benzene rings is 2. The van der Waals surface area contributed by atoms with Crippen LogP contribution in [0.15, 0.2) is 59.2 Å². The van der Waals surface area contributed by atoms with E-state index < -0.39 is 5.97 Å². The molecule has 2 aromatic carbocycles. The number of esters is 1. The number of hydrogen-bond acceptors (Lipinski definition) is 5. The average molecular weight is 351 g/mol. The number of carbonyl (C=O) groups is 1. The topological polar surface area (TPSA) is 57.1 Å². The van der Waals surface area contributed by atoms with Gasteiger partial charge in [-0.1, -0.05) is 24.3 Å². The summed E-state index contributed by atoms with van der Waals surface area (Å²) in [5, 5.41) is 0. The Labute approximate surface area is 152 Å². The molecule has 2 aromatic rings. The summed E-state index contributed by atoms with van der Waals surface area (Å²) in [7, 11) is 1.64. The van der Waals surface area contributed by atoms with Gasteiger partial charge in [0, 0.05) is 6.42 Å². The number of methoxy groups -OCH3 is 1. The van der Waals surface area contributed by atoms with Crippen molar-refractivity contribution in [3.8, 4) is 11.5 Å². The van der Waals surface area contributed by atoms with E-state index >= 15 is 0 Å². The van der Waals surface area contributed by atoms with E-state index in [1.807, 2.05) is 55.5 Å². The van der Waals surface area contributed by atoms with Gasteiger partial charge in [-0.3, -0.25) is 0 Å². The smallest absolute Gasteiger partial charge is 0.363 e. The molecule has 134 valence electrons. The number of rotatable bonds is 7. The predicted molar refractivity (Wildman–Crippen MR) is 100 cm³/mol. The summed E-state index contributed by atoms with van der Waals surface area (Å²) in [4.78, 5) is 16.4. The standard InChI is InChI=1S/C21H21NO4/c1-3-25-18-9-5-7-16(13-18)14-19-21(23)26-20(22-19)11-10-15-6-4-8-17(12-15)24-2/h4-9,12-14H,3,10-11H2,1-2H3/b19-14+. The van der Waals surface area contributed by atoms with Gasteiger partial charge >= 0.3 is 5.97 Å². The van der Waals surface area contributed by atoms with Crippen molar-refractivity contribution in [1.82, 2.24) is 0 Å². The van der Waals surface area contributed by atoms with Gasteiger partial charge in [0.1, 0.15) is 11.5 Å². The van der Waals surface area contributed by atoms with E-state index in [-0.39, 0.29) is 0 Å². The second kappa shape index (κ2) is 8.34. The van der Waals surface area contributed by atoms with Crippen LogP contribution in [0.25, 0.3) is 6.08 Å². The third-order valence-electron chi connectivity index (χ3n) is 3.90. The first-order valence-electron chi connectivity index (χ1n) is 8.55. The first-order chi connectivity index (χ1) is 12.7. The molecule has 0 fully saturated rings. The quantitative estimate of drug-likeness (QED) is 0.558. The summed E-state index contributed by atoms with van der Waals surface area (Å²) in [5.74, 6) is 1.58. The molecule has 0 aliphatic carbocycles. The highest BCUT2D eigenvalue weighted by Gasteiger charge is 2.22. The zero-order chi connectivity index (χ0) is 18.4. The lowest BCUT2D eigenvalue weighted by Crippen LogP contribution is -2.05. The first-order valence-corrected chi connectivity index (χ1v) is 8.55. The van der Waals surface area contributed by atoms with Crippen molar-refractivity contribution in [2.45, 2.75) is 19.8 Å². The monoisotopic (exact) mass is 351 g/mol. The van der Waals surface area contributed by atoms with E-state index in [9.17, 15) is 4.79 Å². The summed E-state index contributed by atoms with van der Waals surface area (Å²) in [6, 6.07) is 15.3. The van der Waals surface area contributed by atoms with E-state index in [1.165, 1.54) is 0 Å². The zero-order valence-corrected chi connectivity index (χ0v) is 14.9. The number of cyclic esters (lactones) is 1. The summed E-state index contributed by atoms with van der Waals surface area (Å²) in [5.41, 5.74) is 2.25. The van der Waals surface area contributed by atoms with Crippen molar-refractivity contribution < 1.29 is 19.0 Å². The van der Waals surface area contributed by atoms with E-state index in [1.54, 1.807) is 13.2 Å². The van der Waals surface area contributed by atoms with Gasteiger partial charge in [-0.05, 0) is 54.8 Å². The molecule has 0 bridgehead atoms. The Morgan fingerprint density at radius 3 is 2.69 bits per heavy atom. The van der Waals surface area contributed by atoms with Crippen molar-refractivity contribution >= 4 is 17.9 Å². The molecular formula is C21H21NO4. The maximum absolute atomic E-state index is 12.1. The average Bonchev–Trinajstić information content (AvgIpc) is 3.00. The number of aliphatic imine (C=N–C) groups is 1. The van der Waals surface area contributed by atoms with Gasteiger partial charge in [-0.2, -0.15) is 0 Å². The minimum absolute atomic E-state index is 0.305. The van der Waals surface area contributed by atoms with Crippen LogP contribution >= 0.6 is 0 Å². The highest BCUT2D eigenvalue weighted by molar-refractivity contribution is 6.07. The van der Waals surface area contributed by atoms with Crippen molar-refractivity contribution in [3.63, 3.8) is 0 Å². The van der Waals surface area contributed by atoms with E-state index in [0.29, 0.717) is 24.6 Å². The predicted octanol–water partition coefficient (Wildman–Crippen LogP) is 4.02. The molecule has 5 nitrogen and oxygen atoms in total. The fourth-order valence-corrected chi connectivity index (χ4v) is 2.66. The lowest BCUT2D eigenvalue weighted by molar-refractivity contribution is -0.130. The Balaban J connectivity index is 1.69. The third-order valence-corrected chi connectivity index (χ3v) is 3.90. The van der Waals surface area contributed by atoms with Crippen molar-refractivity contribution in [2.75, 3.05) is 13.7 Å². The Hall–Kier alpha value is -3.08. The first kappa shape index (κ1) is 17.7. The molecule has 0 saturated heterocycles. The number of nitrogens with zero attached hydrogens (tertiary/aromatic N) is 1. The normalized spacial score (nSPS) is 14.9. The van der Waals surface area contributed by atoms with Crippen LogP contribution in [0.1, 0.15) is 24.5 Å². The fraction of sp³-hybridized carbons (Fsp3) is 0.238. The van der Waals surface area contributed by atoms with E-state index in [4.69, 9.17) is 14.2 Å². The SMILES string of the molecule is CCOc1cccc(/C=C2/N=C(CCc3cccc(OC)c3)OC2=O)c1. The number of aryl methyl sites for hydroxylation is 1. The summed E-state index contributed by atoms with van der Waals surface area (Å²) >= 11 is 0. The molecule has 1 aliphatic heterocycles. The van der Waals surface area contributed by atoms with Gasteiger partial charge < -0.3 is 14.2 Å². The minimum Gasteiger partial charge on any atom is -0.497 e. The van der Waals surface area contributed by atoms with Crippen LogP contribution in [0.2, 0.25) is 0 Å². The largest absolute Gasteiger partial charge is 0.497 e. The molecule has 0 radical (unpaired) electrons. The van der Waals surface area contributed by atoms with Crippen LogP contribution in [0.4, 0.5) is 0 Å². The lowest BCUT2D eigenvalue weighted by Gasteiger charge is -2.03. The Kier molecular flexibility index (Phi) is 5.69. The van der Waals surface area contributed by atoms with Crippen molar-refractivity contribution in [3.05, 3.63) is 65.4 Å². The fourth-order valence-electron chi connectivity index (χ4n) is 2.66. The third kappa shape index (κ3) is 4.51.